The summed E-state index contributed by atoms with van der Waals surface area (Å²) in [7, 11) is 1.39. The van der Waals surface area contributed by atoms with Crippen LogP contribution in [0, 0.1) is 0 Å². The highest BCUT2D eigenvalue weighted by atomic mass is 16.5. The van der Waals surface area contributed by atoms with Crippen molar-refractivity contribution in [1.82, 2.24) is 5.32 Å². The van der Waals surface area contributed by atoms with Gasteiger partial charge in [0, 0.05) is 18.5 Å². The van der Waals surface area contributed by atoms with Crippen molar-refractivity contribution >= 4 is 11.9 Å². The molecular weight excluding hydrogens is 218 g/mol. The van der Waals surface area contributed by atoms with Gasteiger partial charge in [-0.3, -0.25) is 9.59 Å². The van der Waals surface area contributed by atoms with Gasteiger partial charge in [-0.2, -0.15) is 0 Å². The summed E-state index contributed by atoms with van der Waals surface area (Å²) in [6.07, 6.45) is 5.87. The van der Waals surface area contributed by atoms with Crippen LogP contribution in [0.2, 0.25) is 0 Å². The molecule has 0 atom stereocenters. The first-order valence-corrected chi connectivity index (χ1v) is 6.13. The number of methoxy groups -OCH3 is 1. The lowest BCUT2D eigenvalue weighted by molar-refractivity contribution is -0.140. The molecule has 0 rings (SSSR count). The largest absolute Gasteiger partial charge is 0.469 e. The van der Waals surface area contributed by atoms with Crippen LogP contribution in [0.15, 0.2) is 11.6 Å². The third-order valence-electron chi connectivity index (χ3n) is 2.44. The fourth-order valence-corrected chi connectivity index (χ4v) is 1.41. The average Bonchev–Trinajstić information content (AvgIpc) is 2.33. The van der Waals surface area contributed by atoms with Crippen LogP contribution in [0.3, 0.4) is 0 Å². The molecule has 0 radical (unpaired) electrons. The number of rotatable bonds is 8. The Bertz CT molecular complexity index is 272. The van der Waals surface area contributed by atoms with Gasteiger partial charge in [-0.05, 0) is 26.2 Å². The van der Waals surface area contributed by atoms with E-state index in [1.807, 2.05) is 19.9 Å². The first-order valence-electron chi connectivity index (χ1n) is 6.13. The van der Waals surface area contributed by atoms with E-state index in [0.717, 1.165) is 31.3 Å². The highest BCUT2D eigenvalue weighted by Gasteiger charge is 2.02. The lowest BCUT2D eigenvalue weighted by Gasteiger charge is -2.05. The minimum absolute atomic E-state index is 0.000169. The SMILES string of the molecule is CC/C=C(\C)C(=O)NCCCCCC(=O)OC. The van der Waals surface area contributed by atoms with E-state index in [1.165, 1.54) is 7.11 Å². The monoisotopic (exact) mass is 241 g/mol. The lowest BCUT2D eigenvalue weighted by atomic mass is 10.2. The maximum Gasteiger partial charge on any atom is 0.305 e. The van der Waals surface area contributed by atoms with Crippen molar-refractivity contribution in [1.29, 1.82) is 0 Å². The minimum atomic E-state index is -0.171. The Labute approximate surface area is 103 Å². The Kier molecular flexibility index (Phi) is 9.11. The quantitative estimate of drug-likeness (QED) is 0.402. The fourth-order valence-electron chi connectivity index (χ4n) is 1.41. The molecule has 0 aliphatic carbocycles. The number of carbonyl (C=O) groups excluding carboxylic acids is 2. The number of hydrogen-bond acceptors (Lipinski definition) is 3. The number of unbranched alkanes of at least 4 members (excludes halogenated alkanes) is 2. The van der Waals surface area contributed by atoms with Gasteiger partial charge in [-0.1, -0.05) is 19.4 Å². The maximum atomic E-state index is 11.5. The molecule has 0 saturated carbocycles. The number of allylic oxidation sites excluding steroid dienone is 1. The van der Waals surface area contributed by atoms with Crippen molar-refractivity contribution in [2.24, 2.45) is 0 Å². The Hall–Kier alpha value is -1.32. The summed E-state index contributed by atoms with van der Waals surface area (Å²) >= 11 is 0. The molecule has 0 aromatic rings. The van der Waals surface area contributed by atoms with Crippen molar-refractivity contribution in [2.75, 3.05) is 13.7 Å². The van der Waals surface area contributed by atoms with Gasteiger partial charge in [0.1, 0.15) is 0 Å². The molecule has 0 aliphatic heterocycles. The van der Waals surface area contributed by atoms with Gasteiger partial charge in [-0.25, -0.2) is 0 Å². The molecule has 4 heteroatoms. The summed E-state index contributed by atoms with van der Waals surface area (Å²) < 4.78 is 4.54. The van der Waals surface area contributed by atoms with Crippen LogP contribution in [0.5, 0.6) is 0 Å². The number of amides is 1. The molecule has 0 saturated heterocycles. The van der Waals surface area contributed by atoms with E-state index in [9.17, 15) is 9.59 Å². The van der Waals surface area contributed by atoms with Gasteiger partial charge >= 0.3 is 5.97 Å². The fraction of sp³-hybridized carbons (Fsp3) is 0.692. The van der Waals surface area contributed by atoms with Crippen molar-refractivity contribution in [3.8, 4) is 0 Å². The van der Waals surface area contributed by atoms with Crippen LogP contribution in [-0.2, 0) is 14.3 Å². The molecule has 17 heavy (non-hydrogen) atoms. The number of carbonyl (C=O) groups is 2. The van der Waals surface area contributed by atoms with Gasteiger partial charge in [0.15, 0.2) is 0 Å². The first-order chi connectivity index (χ1) is 8.11. The number of esters is 1. The van der Waals surface area contributed by atoms with Crippen LogP contribution < -0.4 is 5.32 Å². The van der Waals surface area contributed by atoms with Crippen LogP contribution in [0.25, 0.3) is 0 Å². The van der Waals surface area contributed by atoms with E-state index in [-0.39, 0.29) is 11.9 Å². The second kappa shape index (κ2) is 9.87. The molecule has 98 valence electrons. The van der Waals surface area contributed by atoms with Crippen molar-refractivity contribution < 1.29 is 14.3 Å². The topological polar surface area (TPSA) is 55.4 Å². The van der Waals surface area contributed by atoms with Gasteiger partial charge in [0.2, 0.25) is 5.91 Å². The predicted octanol–water partition coefficient (Wildman–Crippen LogP) is 2.19. The summed E-state index contributed by atoms with van der Waals surface area (Å²) in [5, 5.41) is 2.85. The van der Waals surface area contributed by atoms with Gasteiger partial charge in [-0.15, -0.1) is 0 Å². The molecule has 0 spiro atoms. The van der Waals surface area contributed by atoms with Gasteiger partial charge < -0.3 is 10.1 Å². The summed E-state index contributed by atoms with van der Waals surface area (Å²) in [6.45, 7) is 4.48. The van der Waals surface area contributed by atoms with Crippen LogP contribution in [0.1, 0.15) is 46.0 Å². The van der Waals surface area contributed by atoms with Crippen molar-refractivity contribution in [3.63, 3.8) is 0 Å². The molecule has 0 aromatic heterocycles. The maximum absolute atomic E-state index is 11.5. The third kappa shape index (κ3) is 8.48. The van der Waals surface area contributed by atoms with E-state index in [1.54, 1.807) is 0 Å². The van der Waals surface area contributed by atoms with Crippen molar-refractivity contribution in [3.05, 3.63) is 11.6 Å². The minimum Gasteiger partial charge on any atom is -0.469 e. The molecule has 1 N–H and O–H groups in total. The number of hydrogen-bond donors (Lipinski definition) is 1. The highest BCUT2D eigenvalue weighted by molar-refractivity contribution is 5.92. The van der Waals surface area contributed by atoms with E-state index < -0.39 is 0 Å². The third-order valence-corrected chi connectivity index (χ3v) is 2.44. The highest BCUT2D eigenvalue weighted by Crippen LogP contribution is 2.01. The zero-order valence-electron chi connectivity index (χ0n) is 11.0. The zero-order chi connectivity index (χ0) is 13.1. The summed E-state index contributed by atoms with van der Waals surface area (Å²) in [6, 6.07) is 0. The molecule has 4 nitrogen and oxygen atoms in total. The predicted molar refractivity (Wildman–Crippen MR) is 67.5 cm³/mol. The van der Waals surface area contributed by atoms with Gasteiger partial charge in [0.05, 0.1) is 7.11 Å². The molecule has 0 heterocycles. The normalized spacial score (nSPS) is 11.1. The standard InChI is InChI=1S/C13H23NO3/c1-4-8-11(2)13(16)14-10-7-5-6-9-12(15)17-3/h8H,4-7,9-10H2,1-3H3,(H,14,16)/b11-8+. The summed E-state index contributed by atoms with van der Waals surface area (Å²) in [5.41, 5.74) is 0.766. The molecule has 1 amide bonds. The lowest BCUT2D eigenvalue weighted by Crippen LogP contribution is -2.25. The average molecular weight is 241 g/mol. The van der Waals surface area contributed by atoms with E-state index in [4.69, 9.17) is 0 Å². The molecule has 0 aliphatic rings. The van der Waals surface area contributed by atoms with Crippen LogP contribution >= 0.6 is 0 Å². The smallest absolute Gasteiger partial charge is 0.305 e. The zero-order valence-corrected chi connectivity index (χ0v) is 11.0. The Balaban J connectivity index is 3.49. The van der Waals surface area contributed by atoms with Crippen molar-refractivity contribution in [2.45, 2.75) is 46.0 Å². The van der Waals surface area contributed by atoms with E-state index in [0.29, 0.717) is 13.0 Å². The molecule has 0 bridgehead atoms. The Morgan fingerprint density at radius 2 is 1.94 bits per heavy atom. The second-order valence-corrected chi connectivity index (χ2v) is 3.94. The van der Waals surface area contributed by atoms with Gasteiger partial charge in [0.25, 0.3) is 0 Å². The van der Waals surface area contributed by atoms with Crippen LogP contribution in [0.4, 0.5) is 0 Å². The molecule has 0 fully saturated rings. The summed E-state index contributed by atoms with van der Waals surface area (Å²) in [4.78, 5) is 22.3. The van der Waals surface area contributed by atoms with Crippen LogP contribution in [-0.4, -0.2) is 25.5 Å². The Morgan fingerprint density at radius 1 is 1.24 bits per heavy atom. The van der Waals surface area contributed by atoms with E-state index >= 15 is 0 Å². The molecule has 0 unspecified atom stereocenters. The second-order valence-electron chi connectivity index (χ2n) is 3.94. The summed E-state index contributed by atoms with van der Waals surface area (Å²) in [5.74, 6) is -0.171. The first kappa shape index (κ1) is 15.7. The Morgan fingerprint density at radius 3 is 2.53 bits per heavy atom. The number of nitrogens with one attached hydrogen (secondary N) is 1. The van der Waals surface area contributed by atoms with E-state index in [2.05, 4.69) is 10.1 Å². The molecule has 0 aromatic carbocycles. The number of ether oxygens (including phenoxy) is 1. The molecular formula is C13H23NO3.